The van der Waals surface area contributed by atoms with Crippen molar-refractivity contribution in [1.82, 2.24) is 10.3 Å². The van der Waals surface area contributed by atoms with Crippen LogP contribution in [0.15, 0.2) is 36.5 Å². The van der Waals surface area contributed by atoms with Crippen molar-refractivity contribution in [2.75, 3.05) is 0 Å². The maximum Gasteiger partial charge on any atom is 0.0746 e. The Bertz CT molecular complexity index is 538. The third-order valence-corrected chi connectivity index (χ3v) is 4.44. The summed E-state index contributed by atoms with van der Waals surface area (Å²) in [4.78, 5) is 4.52. The average molecular weight is 254 g/mol. The minimum Gasteiger partial charge on any atom is -0.310 e. The predicted molar refractivity (Wildman–Crippen MR) is 80.0 cm³/mol. The molecule has 1 N–H and O–H groups in total. The van der Waals surface area contributed by atoms with E-state index in [2.05, 4.69) is 41.5 Å². The lowest BCUT2D eigenvalue weighted by Crippen LogP contribution is -2.31. The lowest BCUT2D eigenvalue weighted by molar-refractivity contribution is 0.381. The van der Waals surface area contributed by atoms with Crippen molar-refractivity contribution in [3.8, 4) is 0 Å². The summed E-state index contributed by atoms with van der Waals surface area (Å²) in [6.07, 6.45) is 7.48. The molecule has 1 atom stereocenters. The molecule has 0 aliphatic heterocycles. The van der Waals surface area contributed by atoms with Crippen LogP contribution in [-0.2, 0) is 6.54 Å². The minimum atomic E-state index is 0.612. The van der Waals surface area contributed by atoms with Gasteiger partial charge in [-0.3, -0.25) is 4.98 Å². The van der Waals surface area contributed by atoms with Gasteiger partial charge in [0, 0.05) is 24.2 Å². The SMILES string of the molecule is CC(NCc1cccc2cccnc12)C1CCCC1. The Morgan fingerprint density at radius 2 is 2.00 bits per heavy atom. The first-order chi connectivity index (χ1) is 9.34. The Morgan fingerprint density at radius 1 is 1.21 bits per heavy atom. The van der Waals surface area contributed by atoms with Crippen molar-refractivity contribution in [3.63, 3.8) is 0 Å². The molecule has 1 aliphatic carbocycles. The molecule has 1 saturated carbocycles. The largest absolute Gasteiger partial charge is 0.310 e. The third-order valence-electron chi connectivity index (χ3n) is 4.44. The quantitative estimate of drug-likeness (QED) is 0.895. The van der Waals surface area contributed by atoms with Gasteiger partial charge in [-0.1, -0.05) is 37.1 Å². The Hall–Kier alpha value is -1.41. The summed E-state index contributed by atoms with van der Waals surface area (Å²) in [6.45, 7) is 3.25. The van der Waals surface area contributed by atoms with Gasteiger partial charge in [-0.15, -0.1) is 0 Å². The fourth-order valence-electron chi connectivity index (χ4n) is 3.21. The van der Waals surface area contributed by atoms with Crippen LogP contribution < -0.4 is 5.32 Å². The summed E-state index contributed by atoms with van der Waals surface area (Å²) < 4.78 is 0. The van der Waals surface area contributed by atoms with E-state index in [0.29, 0.717) is 6.04 Å². The number of pyridine rings is 1. The van der Waals surface area contributed by atoms with Crippen LogP contribution in [0.5, 0.6) is 0 Å². The molecular formula is C17H22N2. The van der Waals surface area contributed by atoms with Gasteiger partial charge in [0.15, 0.2) is 0 Å². The second-order valence-electron chi connectivity index (χ2n) is 5.71. The van der Waals surface area contributed by atoms with Gasteiger partial charge in [0.25, 0.3) is 0 Å². The van der Waals surface area contributed by atoms with E-state index in [9.17, 15) is 0 Å². The van der Waals surface area contributed by atoms with Gasteiger partial charge in [0.05, 0.1) is 5.52 Å². The molecule has 0 spiro atoms. The van der Waals surface area contributed by atoms with Crippen LogP contribution in [0.1, 0.15) is 38.2 Å². The van der Waals surface area contributed by atoms with Crippen LogP contribution in [0.4, 0.5) is 0 Å². The van der Waals surface area contributed by atoms with Crippen LogP contribution in [0, 0.1) is 5.92 Å². The average Bonchev–Trinajstić information content (AvgIpc) is 2.99. The highest BCUT2D eigenvalue weighted by Crippen LogP contribution is 2.27. The number of para-hydroxylation sites is 1. The molecule has 1 heterocycles. The first-order valence-electron chi connectivity index (χ1n) is 7.40. The van der Waals surface area contributed by atoms with Gasteiger partial charge in [0.1, 0.15) is 0 Å². The third kappa shape index (κ3) is 2.79. The van der Waals surface area contributed by atoms with Crippen molar-refractivity contribution in [1.29, 1.82) is 0 Å². The molecule has 19 heavy (non-hydrogen) atoms. The van der Waals surface area contributed by atoms with Gasteiger partial charge in [-0.05, 0) is 37.3 Å². The highest BCUT2D eigenvalue weighted by molar-refractivity contribution is 5.81. The van der Waals surface area contributed by atoms with Crippen molar-refractivity contribution < 1.29 is 0 Å². The zero-order chi connectivity index (χ0) is 13.1. The molecule has 1 aromatic heterocycles. The van der Waals surface area contributed by atoms with E-state index in [0.717, 1.165) is 18.0 Å². The van der Waals surface area contributed by atoms with Crippen LogP contribution in [-0.4, -0.2) is 11.0 Å². The molecule has 1 aromatic carbocycles. The van der Waals surface area contributed by atoms with Gasteiger partial charge in [0.2, 0.25) is 0 Å². The molecule has 1 unspecified atom stereocenters. The maximum absolute atomic E-state index is 4.52. The Labute approximate surface area is 115 Å². The fourth-order valence-corrected chi connectivity index (χ4v) is 3.21. The highest BCUT2D eigenvalue weighted by Gasteiger charge is 2.20. The minimum absolute atomic E-state index is 0.612. The van der Waals surface area contributed by atoms with Crippen molar-refractivity contribution >= 4 is 10.9 Å². The number of hydrogen-bond acceptors (Lipinski definition) is 2. The predicted octanol–water partition coefficient (Wildman–Crippen LogP) is 3.90. The number of benzene rings is 1. The van der Waals surface area contributed by atoms with Crippen molar-refractivity contribution in [3.05, 3.63) is 42.1 Å². The number of fused-ring (bicyclic) bond motifs is 1. The number of aromatic nitrogens is 1. The number of rotatable bonds is 4. The maximum atomic E-state index is 4.52. The van der Waals surface area contributed by atoms with E-state index < -0.39 is 0 Å². The molecule has 0 saturated heterocycles. The van der Waals surface area contributed by atoms with Crippen LogP contribution in [0.25, 0.3) is 10.9 Å². The summed E-state index contributed by atoms with van der Waals surface area (Å²) in [7, 11) is 0. The summed E-state index contributed by atoms with van der Waals surface area (Å²) in [5.74, 6) is 0.864. The van der Waals surface area contributed by atoms with E-state index in [1.165, 1.54) is 36.6 Å². The molecule has 1 aliphatic rings. The summed E-state index contributed by atoms with van der Waals surface area (Å²) in [5, 5.41) is 4.92. The molecule has 0 amide bonds. The zero-order valence-electron chi connectivity index (χ0n) is 11.6. The van der Waals surface area contributed by atoms with Gasteiger partial charge in [-0.2, -0.15) is 0 Å². The van der Waals surface area contributed by atoms with Gasteiger partial charge in [-0.25, -0.2) is 0 Å². The lowest BCUT2D eigenvalue weighted by atomic mass is 9.99. The van der Waals surface area contributed by atoms with Crippen LogP contribution >= 0.6 is 0 Å². The summed E-state index contributed by atoms with van der Waals surface area (Å²) in [6, 6.07) is 11.2. The van der Waals surface area contributed by atoms with E-state index in [-0.39, 0.29) is 0 Å². The molecule has 100 valence electrons. The van der Waals surface area contributed by atoms with Crippen LogP contribution in [0.3, 0.4) is 0 Å². The van der Waals surface area contributed by atoms with Gasteiger partial charge < -0.3 is 5.32 Å². The Kier molecular flexibility index (Phi) is 3.79. The molecule has 2 nitrogen and oxygen atoms in total. The normalized spacial score (nSPS) is 17.9. The molecule has 3 rings (SSSR count). The van der Waals surface area contributed by atoms with Crippen molar-refractivity contribution in [2.24, 2.45) is 5.92 Å². The number of nitrogens with zero attached hydrogens (tertiary/aromatic N) is 1. The van der Waals surface area contributed by atoms with Gasteiger partial charge >= 0.3 is 0 Å². The molecule has 0 bridgehead atoms. The van der Waals surface area contributed by atoms with Crippen molar-refractivity contribution in [2.45, 2.75) is 45.2 Å². The second-order valence-corrected chi connectivity index (χ2v) is 5.71. The Balaban J connectivity index is 1.71. The number of nitrogens with one attached hydrogen (secondary N) is 1. The standard InChI is InChI=1S/C17H22N2/c1-13(14-6-2-3-7-14)19-12-16-9-4-8-15-10-5-11-18-17(15)16/h4-5,8-11,13-14,19H,2-3,6-7,12H2,1H3. The Morgan fingerprint density at radius 3 is 2.84 bits per heavy atom. The lowest BCUT2D eigenvalue weighted by Gasteiger charge is -2.20. The summed E-state index contributed by atoms with van der Waals surface area (Å²) in [5.41, 5.74) is 2.44. The molecular weight excluding hydrogens is 232 g/mol. The molecule has 2 aromatic rings. The van der Waals surface area contributed by atoms with E-state index in [1.807, 2.05) is 12.3 Å². The van der Waals surface area contributed by atoms with E-state index in [1.54, 1.807) is 0 Å². The monoisotopic (exact) mass is 254 g/mol. The highest BCUT2D eigenvalue weighted by atomic mass is 14.9. The molecule has 0 radical (unpaired) electrons. The van der Waals surface area contributed by atoms with E-state index in [4.69, 9.17) is 0 Å². The van der Waals surface area contributed by atoms with Crippen LogP contribution in [0.2, 0.25) is 0 Å². The number of hydrogen-bond donors (Lipinski definition) is 1. The first kappa shape index (κ1) is 12.6. The topological polar surface area (TPSA) is 24.9 Å². The zero-order valence-corrected chi connectivity index (χ0v) is 11.6. The van der Waals surface area contributed by atoms with E-state index >= 15 is 0 Å². The first-order valence-corrected chi connectivity index (χ1v) is 7.40. The fraction of sp³-hybridized carbons (Fsp3) is 0.471. The molecule has 2 heteroatoms. The second kappa shape index (κ2) is 5.70. The smallest absolute Gasteiger partial charge is 0.0746 e. The molecule has 1 fully saturated rings. The summed E-state index contributed by atoms with van der Waals surface area (Å²) >= 11 is 0.